The number of hydrogen-bond acceptors (Lipinski definition) is 4. The molecule has 0 aliphatic carbocycles. The molecule has 0 bridgehead atoms. The Bertz CT molecular complexity index is 273. The predicted molar refractivity (Wildman–Crippen MR) is 58.4 cm³/mol. The second kappa shape index (κ2) is 4.44. The molecule has 4 heteroatoms. The number of carbonyl (C=O) groups excluding carboxylic acids is 2. The highest BCUT2D eigenvalue weighted by Crippen LogP contribution is 2.32. The summed E-state index contributed by atoms with van der Waals surface area (Å²) >= 11 is 0. The van der Waals surface area contributed by atoms with Crippen LogP contribution in [-0.4, -0.2) is 17.7 Å². The van der Waals surface area contributed by atoms with Crippen molar-refractivity contribution in [3.63, 3.8) is 0 Å². The third-order valence-electron chi connectivity index (χ3n) is 2.96. The SMILES string of the molecule is CCC(C(C)C)C1C(=O)OC(C)(C)OC1=O. The molecule has 0 aromatic heterocycles. The van der Waals surface area contributed by atoms with Crippen LogP contribution in [0.2, 0.25) is 0 Å². The van der Waals surface area contributed by atoms with E-state index in [1.807, 2.05) is 20.8 Å². The van der Waals surface area contributed by atoms with Gasteiger partial charge in [0.2, 0.25) is 0 Å². The fraction of sp³-hybridized carbons (Fsp3) is 0.833. The number of carbonyl (C=O) groups is 2. The lowest BCUT2D eigenvalue weighted by atomic mass is 9.81. The molecule has 1 aliphatic heterocycles. The second-order valence-electron chi connectivity index (χ2n) is 5.04. The molecule has 16 heavy (non-hydrogen) atoms. The lowest BCUT2D eigenvalue weighted by Gasteiger charge is -2.36. The monoisotopic (exact) mass is 228 g/mol. The first kappa shape index (κ1) is 13.0. The molecule has 0 spiro atoms. The largest absolute Gasteiger partial charge is 0.422 e. The molecule has 1 fully saturated rings. The minimum absolute atomic E-state index is 0.0175. The summed E-state index contributed by atoms with van der Waals surface area (Å²) in [4.78, 5) is 23.6. The first-order chi connectivity index (χ1) is 7.28. The first-order valence-electron chi connectivity index (χ1n) is 5.74. The summed E-state index contributed by atoms with van der Waals surface area (Å²) < 4.78 is 10.2. The van der Waals surface area contributed by atoms with Gasteiger partial charge < -0.3 is 9.47 Å². The average Bonchev–Trinajstić information content (AvgIpc) is 2.08. The fourth-order valence-corrected chi connectivity index (χ4v) is 2.17. The van der Waals surface area contributed by atoms with Crippen molar-refractivity contribution in [3.8, 4) is 0 Å². The van der Waals surface area contributed by atoms with Gasteiger partial charge in [0.05, 0.1) is 0 Å². The van der Waals surface area contributed by atoms with Crippen molar-refractivity contribution < 1.29 is 19.1 Å². The van der Waals surface area contributed by atoms with Gasteiger partial charge in [-0.2, -0.15) is 0 Å². The van der Waals surface area contributed by atoms with E-state index in [0.717, 1.165) is 6.42 Å². The van der Waals surface area contributed by atoms with Gasteiger partial charge in [0.15, 0.2) is 5.92 Å². The molecule has 4 nitrogen and oxygen atoms in total. The van der Waals surface area contributed by atoms with E-state index in [9.17, 15) is 9.59 Å². The topological polar surface area (TPSA) is 52.6 Å². The molecule has 1 unspecified atom stereocenters. The summed E-state index contributed by atoms with van der Waals surface area (Å²) in [7, 11) is 0. The standard InChI is InChI=1S/C12H20O4/c1-6-8(7(2)3)9-10(13)15-12(4,5)16-11(9)14/h7-9H,6H2,1-5H3. The molecule has 1 saturated heterocycles. The minimum atomic E-state index is -1.13. The molecule has 0 saturated carbocycles. The zero-order chi connectivity index (χ0) is 12.5. The van der Waals surface area contributed by atoms with Gasteiger partial charge in [-0.25, -0.2) is 0 Å². The Morgan fingerprint density at radius 3 is 1.94 bits per heavy atom. The first-order valence-corrected chi connectivity index (χ1v) is 5.74. The molecular formula is C12H20O4. The van der Waals surface area contributed by atoms with Crippen LogP contribution in [0.4, 0.5) is 0 Å². The van der Waals surface area contributed by atoms with Crippen molar-refractivity contribution in [1.82, 2.24) is 0 Å². The van der Waals surface area contributed by atoms with Crippen molar-refractivity contribution in [1.29, 1.82) is 0 Å². The molecule has 0 radical (unpaired) electrons. The smallest absolute Gasteiger partial charge is 0.323 e. The number of cyclic esters (lactones) is 2. The van der Waals surface area contributed by atoms with Gasteiger partial charge in [0, 0.05) is 13.8 Å². The molecular weight excluding hydrogens is 208 g/mol. The maximum Gasteiger partial charge on any atom is 0.323 e. The number of hydrogen-bond donors (Lipinski definition) is 0. The molecule has 1 heterocycles. The maximum atomic E-state index is 11.8. The van der Waals surface area contributed by atoms with Crippen LogP contribution in [0.5, 0.6) is 0 Å². The molecule has 0 aromatic carbocycles. The van der Waals surface area contributed by atoms with Crippen LogP contribution in [0, 0.1) is 17.8 Å². The zero-order valence-corrected chi connectivity index (χ0v) is 10.6. The van der Waals surface area contributed by atoms with Gasteiger partial charge in [-0.3, -0.25) is 9.59 Å². The van der Waals surface area contributed by atoms with Crippen molar-refractivity contribution in [2.24, 2.45) is 17.8 Å². The van der Waals surface area contributed by atoms with Crippen LogP contribution >= 0.6 is 0 Å². The highest BCUT2D eigenvalue weighted by Gasteiger charge is 2.47. The van der Waals surface area contributed by atoms with Crippen molar-refractivity contribution in [2.45, 2.75) is 46.8 Å². The van der Waals surface area contributed by atoms with E-state index in [4.69, 9.17) is 9.47 Å². The van der Waals surface area contributed by atoms with Gasteiger partial charge >= 0.3 is 11.9 Å². The van der Waals surface area contributed by atoms with Crippen LogP contribution < -0.4 is 0 Å². The Hall–Kier alpha value is -1.06. The highest BCUT2D eigenvalue weighted by atomic mass is 16.7. The highest BCUT2D eigenvalue weighted by molar-refractivity contribution is 5.97. The predicted octanol–water partition coefficient (Wildman–Crippen LogP) is 2.12. The number of ether oxygens (including phenoxy) is 2. The quantitative estimate of drug-likeness (QED) is 0.548. The number of rotatable bonds is 3. The summed E-state index contributed by atoms with van der Waals surface area (Å²) in [5, 5.41) is 0. The van der Waals surface area contributed by atoms with E-state index in [2.05, 4.69) is 0 Å². The summed E-state index contributed by atoms with van der Waals surface area (Å²) in [6.45, 7) is 9.08. The van der Waals surface area contributed by atoms with E-state index < -0.39 is 23.6 Å². The Balaban J connectivity index is 2.89. The van der Waals surface area contributed by atoms with Crippen LogP contribution in [0.15, 0.2) is 0 Å². The van der Waals surface area contributed by atoms with Crippen LogP contribution in [0.25, 0.3) is 0 Å². The molecule has 0 N–H and O–H groups in total. The fourth-order valence-electron chi connectivity index (χ4n) is 2.17. The van der Waals surface area contributed by atoms with Crippen molar-refractivity contribution in [2.75, 3.05) is 0 Å². The Kier molecular flexibility index (Phi) is 3.61. The Morgan fingerprint density at radius 2 is 1.62 bits per heavy atom. The van der Waals surface area contributed by atoms with E-state index in [-0.39, 0.29) is 11.8 Å². The summed E-state index contributed by atoms with van der Waals surface area (Å²) in [5.41, 5.74) is 0. The molecule has 92 valence electrons. The third kappa shape index (κ3) is 2.54. The van der Waals surface area contributed by atoms with Crippen LogP contribution in [-0.2, 0) is 19.1 Å². The van der Waals surface area contributed by atoms with E-state index in [0.29, 0.717) is 0 Å². The van der Waals surface area contributed by atoms with Crippen molar-refractivity contribution >= 4 is 11.9 Å². The summed E-state index contributed by atoms with van der Waals surface area (Å²) in [6.07, 6.45) is 0.757. The van der Waals surface area contributed by atoms with Gasteiger partial charge in [0.25, 0.3) is 5.79 Å². The van der Waals surface area contributed by atoms with Gasteiger partial charge in [-0.1, -0.05) is 27.2 Å². The second-order valence-corrected chi connectivity index (χ2v) is 5.04. The summed E-state index contributed by atoms with van der Waals surface area (Å²) in [6, 6.07) is 0. The van der Waals surface area contributed by atoms with Crippen LogP contribution in [0.1, 0.15) is 41.0 Å². The minimum Gasteiger partial charge on any atom is -0.422 e. The van der Waals surface area contributed by atoms with Crippen LogP contribution in [0.3, 0.4) is 0 Å². The van der Waals surface area contributed by atoms with E-state index in [1.165, 1.54) is 0 Å². The third-order valence-corrected chi connectivity index (χ3v) is 2.96. The average molecular weight is 228 g/mol. The summed E-state index contributed by atoms with van der Waals surface area (Å²) in [5.74, 6) is -2.58. The molecule has 1 atom stereocenters. The van der Waals surface area contributed by atoms with Gasteiger partial charge in [-0.05, 0) is 11.8 Å². The molecule has 0 aromatic rings. The molecule has 1 rings (SSSR count). The van der Waals surface area contributed by atoms with E-state index >= 15 is 0 Å². The van der Waals surface area contributed by atoms with E-state index in [1.54, 1.807) is 13.8 Å². The lowest BCUT2D eigenvalue weighted by molar-refractivity contribution is -0.243. The number of esters is 2. The normalized spacial score (nSPS) is 22.9. The van der Waals surface area contributed by atoms with Gasteiger partial charge in [-0.15, -0.1) is 0 Å². The Morgan fingerprint density at radius 1 is 1.19 bits per heavy atom. The zero-order valence-electron chi connectivity index (χ0n) is 10.6. The molecule has 1 aliphatic rings. The Labute approximate surface area is 96.3 Å². The lowest BCUT2D eigenvalue weighted by Crippen LogP contribution is -2.49. The molecule has 0 amide bonds. The van der Waals surface area contributed by atoms with Crippen molar-refractivity contribution in [3.05, 3.63) is 0 Å². The maximum absolute atomic E-state index is 11.8. The van der Waals surface area contributed by atoms with Gasteiger partial charge in [0.1, 0.15) is 0 Å².